The lowest BCUT2D eigenvalue weighted by molar-refractivity contribution is -0.0778. The van der Waals surface area contributed by atoms with Crippen LogP contribution in [0.3, 0.4) is 0 Å². The molecule has 1 N–H and O–H groups in total. The Bertz CT molecular complexity index is 550. The van der Waals surface area contributed by atoms with Crippen molar-refractivity contribution < 1.29 is 9.84 Å². The minimum absolute atomic E-state index is 0.299. The molecule has 0 saturated heterocycles. The summed E-state index contributed by atoms with van der Waals surface area (Å²) in [4.78, 5) is 0. The number of para-hydroxylation sites is 1. The van der Waals surface area contributed by atoms with Gasteiger partial charge in [-0.15, -0.1) is 0 Å². The van der Waals surface area contributed by atoms with Crippen LogP contribution in [-0.2, 0) is 6.42 Å². The number of hydrogen-bond donors (Lipinski definition) is 1. The Balaban J connectivity index is 1.93. The van der Waals surface area contributed by atoms with Gasteiger partial charge in [0.15, 0.2) is 0 Å². The van der Waals surface area contributed by atoms with Gasteiger partial charge in [0.05, 0.1) is 11.7 Å². The molecule has 0 aromatic heterocycles. The van der Waals surface area contributed by atoms with Gasteiger partial charge < -0.3 is 9.84 Å². The predicted molar refractivity (Wildman–Crippen MR) is 76.3 cm³/mol. The number of nitrogens with zero attached hydrogens (tertiary/aromatic N) is 1. The van der Waals surface area contributed by atoms with Gasteiger partial charge in [0, 0.05) is 6.42 Å². The molecular formula is C17H21NO2. The number of rotatable bonds is 2. The van der Waals surface area contributed by atoms with Crippen molar-refractivity contribution in [1.29, 1.82) is 5.26 Å². The summed E-state index contributed by atoms with van der Waals surface area (Å²) >= 11 is 0. The molecule has 106 valence electrons. The van der Waals surface area contributed by atoms with E-state index in [4.69, 9.17) is 4.74 Å². The van der Waals surface area contributed by atoms with Crippen LogP contribution in [0.1, 0.15) is 38.2 Å². The zero-order valence-corrected chi connectivity index (χ0v) is 11.9. The predicted octanol–water partition coefficient (Wildman–Crippen LogP) is 3.07. The maximum atomic E-state index is 11.1. The molecule has 1 aliphatic heterocycles. The van der Waals surface area contributed by atoms with Crippen molar-refractivity contribution in [2.75, 3.05) is 6.61 Å². The van der Waals surface area contributed by atoms with E-state index in [0.29, 0.717) is 25.4 Å². The molecule has 3 nitrogen and oxygen atoms in total. The summed E-state index contributed by atoms with van der Waals surface area (Å²) in [6, 6.07) is 10.2. The summed E-state index contributed by atoms with van der Waals surface area (Å²) in [6.07, 6.45) is 4.11. The molecular weight excluding hydrogens is 250 g/mol. The lowest BCUT2D eigenvalue weighted by Gasteiger charge is -2.43. The van der Waals surface area contributed by atoms with Crippen LogP contribution in [0.5, 0.6) is 5.75 Å². The van der Waals surface area contributed by atoms with Gasteiger partial charge in [0.25, 0.3) is 0 Å². The average Bonchev–Trinajstić information content (AvgIpc) is 2.90. The average molecular weight is 271 g/mol. The first kappa shape index (κ1) is 13.5. The summed E-state index contributed by atoms with van der Waals surface area (Å²) in [5, 5.41) is 20.9. The second-order valence-electron chi connectivity index (χ2n) is 6.32. The molecule has 1 aromatic carbocycles. The molecule has 0 amide bonds. The number of aliphatic hydroxyl groups is 1. The Hall–Kier alpha value is -1.53. The number of ether oxygens (including phenoxy) is 1. The third-order valence-corrected chi connectivity index (χ3v) is 5.21. The van der Waals surface area contributed by atoms with Gasteiger partial charge in [0.2, 0.25) is 0 Å². The third-order valence-electron chi connectivity index (χ3n) is 5.21. The van der Waals surface area contributed by atoms with E-state index in [-0.39, 0.29) is 0 Å². The van der Waals surface area contributed by atoms with Gasteiger partial charge in [-0.05, 0) is 36.8 Å². The number of nitriles is 1. The van der Waals surface area contributed by atoms with Crippen molar-refractivity contribution in [3.05, 3.63) is 29.8 Å². The molecule has 1 aromatic rings. The van der Waals surface area contributed by atoms with Crippen molar-refractivity contribution in [3.63, 3.8) is 0 Å². The van der Waals surface area contributed by atoms with Gasteiger partial charge in [0.1, 0.15) is 17.8 Å². The molecule has 3 atom stereocenters. The lowest BCUT2D eigenvalue weighted by atomic mass is 9.67. The first-order valence-electron chi connectivity index (χ1n) is 7.47. The summed E-state index contributed by atoms with van der Waals surface area (Å²) in [7, 11) is 0. The summed E-state index contributed by atoms with van der Waals surface area (Å²) < 4.78 is 5.79. The van der Waals surface area contributed by atoms with Gasteiger partial charge in [-0.1, -0.05) is 31.5 Å². The van der Waals surface area contributed by atoms with Crippen molar-refractivity contribution in [1.82, 2.24) is 0 Å². The van der Waals surface area contributed by atoms with Crippen LogP contribution < -0.4 is 4.74 Å². The SMILES string of the molecule is CCC1CCC(O)(C2(C#N)COc3ccccc3C2)C1. The Morgan fingerprint density at radius 2 is 2.25 bits per heavy atom. The van der Waals surface area contributed by atoms with Gasteiger partial charge >= 0.3 is 0 Å². The Morgan fingerprint density at radius 3 is 2.95 bits per heavy atom. The highest BCUT2D eigenvalue weighted by molar-refractivity contribution is 5.39. The second-order valence-corrected chi connectivity index (χ2v) is 6.32. The second kappa shape index (κ2) is 4.79. The first-order valence-corrected chi connectivity index (χ1v) is 7.47. The largest absolute Gasteiger partial charge is 0.492 e. The van der Waals surface area contributed by atoms with Crippen LogP contribution >= 0.6 is 0 Å². The highest BCUT2D eigenvalue weighted by Crippen LogP contribution is 2.51. The highest BCUT2D eigenvalue weighted by Gasteiger charge is 2.56. The summed E-state index contributed by atoms with van der Waals surface area (Å²) in [5.41, 5.74) is -0.671. The quantitative estimate of drug-likeness (QED) is 0.899. The molecule has 1 saturated carbocycles. The van der Waals surface area contributed by atoms with E-state index in [2.05, 4.69) is 13.0 Å². The number of hydrogen-bond acceptors (Lipinski definition) is 3. The number of benzene rings is 1. The van der Waals surface area contributed by atoms with Crippen molar-refractivity contribution >= 4 is 0 Å². The molecule has 20 heavy (non-hydrogen) atoms. The zero-order chi connectivity index (χ0) is 14.2. The van der Waals surface area contributed by atoms with Gasteiger partial charge in [-0.2, -0.15) is 5.26 Å². The summed E-state index contributed by atoms with van der Waals surface area (Å²) in [6.45, 7) is 2.45. The molecule has 0 bridgehead atoms. The number of fused-ring (bicyclic) bond motifs is 1. The topological polar surface area (TPSA) is 53.2 Å². The fourth-order valence-corrected chi connectivity index (χ4v) is 3.75. The van der Waals surface area contributed by atoms with Crippen LogP contribution in [0.25, 0.3) is 0 Å². The minimum atomic E-state index is -0.907. The fourth-order valence-electron chi connectivity index (χ4n) is 3.75. The van der Waals surface area contributed by atoms with E-state index in [9.17, 15) is 10.4 Å². The van der Waals surface area contributed by atoms with E-state index in [1.165, 1.54) is 0 Å². The maximum Gasteiger partial charge on any atom is 0.124 e. The van der Waals surface area contributed by atoms with E-state index in [1.54, 1.807) is 0 Å². The van der Waals surface area contributed by atoms with Crippen LogP contribution in [0, 0.1) is 22.7 Å². The molecule has 1 aliphatic carbocycles. The van der Waals surface area contributed by atoms with Crippen molar-refractivity contribution in [2.24, 2.45) is 11.3 Å². The highest BCUT2D eigenvalue weighted by atomic mass is 16.5. The van der Waals surface area contributed by atoms with Crippen LogP contribution in [0.2, 0.25) is 0 Å². The van der Waals surface area contributed by atoms with Crippen LogP contribution in [-0.4, -0.2) is 17.3 Å². The molecule has 0 radical (unpaired) electrons. The van der Waals surface area contributed by atoms with E-state index in [1.807, 2.05) is 24.3 Å². The fraction of sp³-hybridized carbons (Fsp3) is 0.588. The molecule has 3 heteroatoms. The Labute approximate surface area is 120 Å². The molecule has 1 fully saturated rings. The molecule has 0 spiro atoms. The van der Waals surface area contributed by atoms with Gasteiger partial charge in [-0.3, -0.25) is 0 Å². The third kappa shape index (κ3) is 1.91. The molecule has 1 heterocycles. The Kier molecular flexibility index (Phi) is 3.22. The lowest BCUT2D eigenvalue weighted by Crippen LogP contribution is -2.52. The van der Waals surface area contributed by atoms with Crippen molar-refractivity contribution in [2.45, 2.75) is 44.6 Å². The summed E-state index contributed by atoms with van der Waals surface area (Å²) in [5.74, 6) is 1.38. The maximum absolute atomic E-state index is 11.1. The molecule has 2 aliphatic rings. The zero-order valence-electron chi connectivity index (χ0n) is 11.9. The molecule has 3 unspecified atom stereocenters. The van der Waals surface area contributed by atoms with Crippen LogP contribution in [0.4, 0.5) is 0 Å². The standard InChI is InChI=1S/C17H21NO2/c1-2-13-7-8-17(19,9-13)16(11-18)10-14-5-3-4-6-15(14)20-12-16/h3-6,13,19H,2,7-10,12H2,1H3. The monoisotopic (exact) mass is 271 g/mol. The minimum Gasteiger partial charge on any atom is -0.492 e. The first-order chi connectivity index (χ1) is 9.62. The van der Waals surface area contributed by atoms with E-state index < -0.39 is 11.0 Å². The Morgan fingerprint density at radius 1 is 1.45 bits per heavy atom. The van der Waals surface area contributed by atoms with Crippen LogP contribution in [0.15, 0.2) is 24.3 Å². The molecule has 3 rings (SSSR count). The van der Waals surface area contributed by atoms with Gasteiger partial charge in [-0.25, -0.2) is 0 Å². The normalized spacial score (nSPS) is 36.0. The van der Waals surface area contributed by atoms with Crippen molar-refractivity contribution in [3.8, 4) is 11.8 Å². The van der Waals surface area contributed by atoms with E-state index in [0.717, 1.165) is 30.6 Å². The van der Waals surface area contributed by atoms with E-state index >= 15 is 0 Å². The smallest absolute Gasteiger partial charge is 0.124 e.